The van der Waals surface area contributed by atoms with Gasteiger partial charge in [-0.05, 0) is 6.07 Å². The van der Waals surface area contributed by atoms with Gasteiger partial charge in [-0.2, -0.15) is 0 Å². The summed E-state index contributed by atoms with van der Waals surface area (Å²) in [6.45, 7) is 0. The van der Waals surface area contributed by atoms with Crippen LogP contribution in [0.4, 0.5) is 4.79 Å². The van der Waals surface area contributed by atoms with Crippen LogP contribution in [0.25, 0.3) is 0 Å². The highest BCUT2D eigenvalue weighted by Crippen LogP contribution is 2.35. The van der Waals surface area contributed by atoms with Crippen LogP contribution in [0, 0.1) is 0 Å². The molecule has 106 valence electrons. The first-order valence-electron chi connectivity index (χ1n) is 6.38. The van der Waals surface area contributed by atoms with Crippen molar-refractivity contribution in [1.82, 2.24) is 0 Å². The molecule has 21 heavy (non-hydrogen) atoms. The number of halogens is 1. The summed E-state index contributed by atoms with van der Waals surface area (Å²) in [5, 5.41) is 0.423. The van der Waals surface area contributed by atoms with Crippen molar-refractivity contribution >= 4 is 23.5 Å². The molecule has 2 atom stereocenters. The molecule has 3 rings (SSSR count). The summed E-state index contributed by atoms with van der Waals surface area (Å²) in [6, 6.07) is 15.5. The Labute approximate surface area is 126 Å². The van der Waals surface area contributed by atoms with E-state index in [2.05, 4.69) is 0 Å². The lowest BCUT2D eigenvalue weighted by molar-refractivity contribution is 0.0716. The van der Waals surface area contributed by atoms with E-state index in [1.165, 1.54) is 0 Å². The molecule has 1 heterocycles. The molecular formula is C16H11ClO4. The van der Waals surface area contributed by atoms with Crippen LogP contribution in [-0.4, -0.2) is 18.0 Å². The first-order valence-corrected chi connectivity index (χ1v) is 6.75. The van der Waals surface area contributed by atoms with E-state index in [0.717, 1.165) is 0 Å². The van der Waals surface area contributed by atoms with Crippen molar-refractivity contribution in [2.45, 2.75) is 12.2 Å². The zero-order valence-corrected chi connectivity index (χ0v) is 11.6. The molecule has 0 saturated carbocycles. The quantitative estimate of drug-likeness (QED) is 0.639. The van der Waals surface area contributed by atoms with Crippen molar-refractivity contribution < 1.29 is 19.1 Å². The Morgan fingerprint density at radius 3 is 2.33 bits per heavy atom. The standard InChI is InChI=1S/C16H11ClO4/c17-12-9-5-4-8-11(12)14-15(21-16(19)20-14)13(18)10-6-2-1-3-7-10/h1-9,14-15H/t14-,15-/m0/s1. The normalized spacial score (nSPS) is 20.7. The van der Waals surface area contributed by atoms with Crippen molar-refractivity contribution in [3.05, 3.63) is 70.7 Å². The fraction of sp³-hybridized carbons (Fsp3) is 0.125. The minimum Gasteiger partial charge on any atom is -0.421 e. The van der Waals surface area contributed by atoms with Crippen LogP contribution in [0.5, 0.6) is 0 Å². The Bertz CT molecular complexity index is 684. The van der Waals surface area contributed by atoms with Gasteiger partial charge in [0.05, 0.1) is 0 Å². The smallest absolute Gasteiger partial charge is 0.421 e. The van der Waals surface area contributed by atoms with Crippen molar-refractivity contribution in [2.75, 3.05) is 0 Å². The molecule has 0 aliphatic carbocycles. The highest BCUT2D eigenvalue weighted by atomic mass is 35.5. The molecule has 0 bridgehead atoms. The number of carbonyl (C=O) groups is 2. The van der Waals surface area contributed by atoms with Gasteiger partial charge in [0.2, 0.25) is 11.9 Å². The summed E-state index contributed by atoms with van der Waals surface area (Å²) in [5.74, 6) is -0.314. The molecule has 5 heteroatoms. The Hall–Kier alpha value is -2.33. The molecule has 1 aliphatic rings. The molecule has 1 aliphatic heterocycles. The van der Waals surface area contributed by atoms with Crippen LogP contribution in [0.1, 0.15) is 22.0 Å². The van der Waals surface area contributed by atoms with E-state index in [9.17, 15) is 9.59 Å². The number of cyclic esters (lactones) is 2. The zero-order chi connectivity index (χ0) is 14.8. The first-order chi connectivity index (χ1) is 10.2. The van der Waals surface area contributed by atoms with Gasteiger partial charge >= 0.3 is 6.16 Å². The van der Waals surface area contributed by atoms with Gasteiger partial charge in [-0.1, -0.05) is 60.1 Å². The molecule has 0 amide bonds. The third-order valence-electron chi connectivity index (χ3n) is 3.25. The molecule has 1 saturated heterocycles. The molecule has 0 unspecified atom stereocenters. The van der Waals surface area contributed by atoms with Gasteiger partial charge in [0, 0.05) is 16.1 Å². The average Bonchev–Trinajstić information content (AvgIpc) is 2.89. The monoisotopic (exact) mass is 302 g/mol. The molecule has 0 spiro atoms. The van der Waals surface area contributed by atoms with Gasteiger partial charge in [0.15, 0.2) is 6.10 Å². The maximum atomic E-state index is 12.5. The van der Waals surface area contributed by atoms with E-state index in [-0.39, 0.29) is 5.78 Å². The number of ketones is 1. The molecule has 4 nitrogen and oxygen atoms in total. The molecule has 2 aromatic carbocycles. The van der Waals surface area contributed by atoms with E-state index in [0.29, 0.717) is 16.1 Å². The van der Waals surface area contributed by atoms with Gasteiger partial charge in [0.25, 0.3) is 0 Å². The third kappa shape index (κ3) is 2.62. The van der Waals surface area contributed by atoms with E-state index >= 15 is 0 Å². The van der Waals surface area contributed by atoms with Crippen LogP contribution in [0.3, 0.4) is 0 Å². The fourth-order valence-corrected chi connectivity index (χ4v) is 2.49. The minimum absolute atomic E-state index is 0.314. The summed E-state index contributed by atoms with van der Waals surface area (Å²) in [6.07, 6.45) is -2.73. The Morgan fingerprint density at radius 1 is 0.952 bits per heavy atom. The largest absolute Gasteiger partial charge is 0.509 e. The SMILES string of the molecule is O=C1O[C@@H](C(=O)c2ccccc2)[C@H](c2ccccc2Cl)O1. The maximum Gasteiger partial charge on any atom is 0.509 e. The van der Waals surface area contributed by atoms with Gasteiger partial charge in [-0.15, -0.1) is 0 Å². The highest BCUT2D eigenvalue weighted by molar-refractivity contribution is 6.31. The predicted molar refractivity (Wildman–Crippen MR) is 76.3 cm³/mol. The van der Waals surface area contributed by atoms with Gasteiger partial charge in [0.1, 0.15) is 0 Å². The molecule has 2 aromatic rings. The number of Topliss-reactive ketones (excluding diaryl/α,β-unsaturated/α-hetero) is 1. The zero-order valence-electron chi connectivity index (χ0n) is 10.9. The van der Waals surface area contributed by atoms with Crippen LogP contribution in [-0.2, 0) is 9.47 Å². The Kier molecular flexibility index (Phi) is 3.62. The van der Waals surface area contributed by atoms with Crippen LogP contribution in [0.15, 0.2) is 54.6 Å². The number of rotatable bonds is 3. The Balaban J connectivity index is 1.95. The van der Waals surface area contributed by atoms with Crippen molar-refractivity contribution in [3.63, 3.8) is 0 Å². The van der Waals surface area contributed by atoms with Gasteiger partial charge in [-0.3, -0.25) is 4.79 Å². The summed E-state index contributed by atoms with van der Waals surface area (Å²) in [5.41, 5.74) is 1.01. The summed E-state index contributed by atoms with van der Waals surface area (Å²) < 4.78 is 10.1. The Morgan fingerprint density at radius 2 is 1.62 bits per heavy atom. The average molecular weight is 303 g/mol. The second kappa shape index (κ2) is 5.58. The van der Waals surface area contributed by atoms with E-state index < -0.39 is 18.4 Å². The minimum atomic E-state index is -1.03. The van der Waals surface area contributed by atoms with Crippen molar-refractivity contribution in [3.8, 4) is 0 Å². The van der Waals surface area contributed by atoms with Crippen LogP contribution >= 0.6 is 11.6 Å². The molecule has 0 radical (unpaired) electrons. The lowest BCUT2D eigenvalue weighted by Gasteiger charge is -2.15. The van der Waals surface area contributed by atoms with Gasteiger partial charge in [-0.25, -0.2) is 4.79 Å². The predicted octanol–water partition coefficient (Wildman–Crippen LogP) is 3.80. The van der Waals surface area contributed by atoms with E-state index in [4.69, 9.17) is 21.1 Å². The van der Waals surface area contributed by atoms with Crippen LogP contribution in [0.2, 0.25) is 5.02 Å². The number of carbonyl (C=O) groups excluding carboxylic acids is 2. The molecular weight excluding hydrogens is 292 g/mol. The lowest BCUT2D eigenvalue weighted by atomic mass is 9.97. The maximum absolute atomic E-state index is 12.5. The number of hydrogen-bond donors (Lipinski definition) is 0. The number of hydrogen-bond acceptors (Lipinski definition) is 4. The van der Waals surface area contributed by atoms with E-state index in [1.807, 2.05) is 0 Å². The number of benzene rings is 2. The highest BCUT2D eigenvalue weighted by Gasteiger charge is 2.43. The summed E-state index contributed by atoms with van der Waals surface area (Å²) in [7, 11) is 0. The third-order valence-corrected chi connectivity index (χ3v) is 3.59. The molecule has 0 N–H and O–H groups in total. The molecule has 1 fully saturated rings. The van der Waals surface area contributed by atoms with Crippen molar-refractivity contribution in [1.29, 1.82) is 0 Å². The van der Waals surface area contributed by atoms with Crippen LogP contribution < -0.4 is 0 Å². The lowest BCUT2D eigenvalue weighted by Crippen LogP contribution is -2.26. The first kappa shape index (κ1) is 13.6. The summed E-state index contributed by atoms with van der Waals surface area (Å²) in [4.78, 5) is 23.9. The number of ether oxygens (including phenoxy) is 2. The fourth-order valence-electron chi connectivity index (χ4n) is 2.25. The second-order valence-corrected chi connectivity index (χ2v) is 4.99. The summed E-state index contributed by atoms with van der Waals surface area (Å²) >= 11 is 6.11. The molecule has 0 aromatic heterocycles. The van der Waals surface area contributed by atoms with Gasteiger partial charge < -0.3 is 9.47 Å². The second-order valence-electron chi connectivity index (χ2n) is 4.58. The van der Waals surface area contributed by atoms with Crippen molar-refractivity contribution in [2.24, 2.45) is 0 Å². The topological polar surface area (TPSA) is 52.6 Å². The van der Waals surface area contributed by atoms with E-state index in [1.54, 1.807) is 54.6 Å².